The van der Waals surface area contributed by atoms with Crippen LogP contribution in [0, 0.1) is 13.8 Å². The summed E-state index contributed by atoms with van der Waals surface area (Å²) in [5.74, 6) is 0.726. The number of aryl methyl sites for hydroxylation is 2. The predicted octanol–water partition coefficient (Wildman–Crippen LogP) is 1.37. The Morgan fingerprint density at radius 2 is 1.94 bits per heavy atom. The van der Waals surface area contributed by atoms with E-state index in [-0.39, 0.29) is 12.5 Å². The Bertz CT molecular complexity index is 388. The summed E-state index contributed by atoms with van der Waals surface area (Å²) in [7, 11) is 0. The average molecular weight is 236 g/mol. The molecule has 5 nitrogen and oxygen atoms in total. The van der Waals surface area contributed by atoms with Gasteiger partial charge in [0.15, 0.2) is 0 Å². The third-order valence-corrected chi connectivity index (χ3v) is 2.73. The number of anilines is 1. The molecule has 0 aliphatic heterocycles. The first-order chi connectivity index (χ1) is 8.08. The van der Waals surface area contributed by atoms with Crippen molar-refractivity contribution in [2.24, 2.45) is 0 Å². The number of hydrogen-bond acceptors (Lipinski definition) is 4. The SMILES string of the molecule is CCN(CC)C(=O)CNc1cnc(C)c(C)n1. The summed E-state index contributed by atoms with van der Waals surface area (Å²) in [6.45, 7) is 9.48. The van der Waals surface area contributed by atoms with Gasteiger partial charge in [-0.05, 0) is 27.7 Å². The van der Waals surface area contributed by atoms with Crippen LogP contribution in [0.1, 0.15) is 25.2 Å². The summed E-state index contributed by atoms with van der Waals surface area (Å²) >= 11 is 0. The molecule has 0 aliphatic carbocycles. The van der Waals surface area contributed by atoms with Crippen molar-refractivity contribution < 1.29 is 4.79 Å². The summed E-state index contributed by atoms with van der Waals surface area (Å²) in [5.41, 5.74) is 1.79. The van der Waals surface area contributed by atoms with Crippen molar-refractivity contribution in [2.45, 2.75) is 27.7 Å². The molecule has 5 heteroatoms. The Morgan fingerprint density at radius 1 is 1.29 bits per heavy atom. The van der Waals surface area contributed by atoms with Crippen LogP contribution in [-0.2, 0) is 4.79 Å². The first-order valence-corrected chi connectivity index (χ1v) is 5.90. The number of aromatic nitrogens is 2. The summed E-state index contributed by atoms with van der Waals surface area (Å²) in [4.78, 5) is 22.0. The van der Waals surface area contributed by atoms with E-state index in [9.17, 15) is 4.79 Å². The van der Waals surface area contributed by atoms with Gasteiger partial charge in [0.2, 0.25) is 5.91 Å². The largest absolute Gasteiger partial charge is 0.360 e. The highest BCUT2D eigenvalue weighted by Gasteiger charge is 2.09. The zero-order chi connectivity index (χ0) is 12.8. The van der Waals surface area contributed by atoms with E-state index in [1.165, 1.54) is 0 Å². The van der Waals surface area contributed by atoms with Crippen LogP contribution in [0.3, 0.4) is 0 Å². The summed E-state index contributed by atoms with van der Waals surface area (Å²) in [6.07, 6.45) is 1.65. The summed E-state index contributed by atoms with van der Waals surface area (Å²) in [6, 6.07) is 0. The minimum Gasteiger partial charge on any atom is -0.360 e. The maximum atomic E-state index is 11.7. The second-order valence-electron chi connectivity index (χ2n) is 3.85. The third kappa shape index (κ3) is 3.69. The molecule has 1 heterocycles. The van der Waals surface area contributed by atoms with Crippen molar-refractivity contribution in [3.05, 3.63) is 17.6 Å². The number of rotatable bonds is 5. The molecule has 1 amide bonds. The predicted molar refractivity (Wildman–Crippen MR) is 67.9 cm³/mol. The molecule has 0 aromatic carbocycles. The molecule has 17 heavy (non-hydrogen) atoms. The van der Waals surface area contributed by atoms with Crippen molar-refractivity contribution >= 4 is 11.7 Å². The van der Waals surface area contributed by atoms with Crippen LogP contribution in [0.4, 0.5) is 5.82 Å². The van der Waals surface area contributed by atoms with Crippen LogP contribution in [0.25, 0.3) is 0 Å². The lowest BCUT2D eigenvalue weighted by Gasteiger charge is -2.18. The summed E-state index contributed by atoms with van der Waals surface area (Å²) in [5, 5.41) is 3.00. The van der Waals surface area contributed by atoms with E-state index in [1.54, 1.807) is 11.1 Å². The van der Waals surface area contributed by atoms with Crippen LogP contribution in [0.15, 0.2) is 6.20 Å². The first-order valence-electron chi connectivity index (χ1n) is 5.90. The number of likely N-dealkylation sites (N-methyl/N-ethyl adjacent to an activating group) is 1. The van der Waals surface area contributed by atoms with E-state index in [4.69, 9.17) is 0 Å². The van der Waals surface area contributed by atoms with E-state index in [1.807, 2.05) is 27.7 Å². The lowest BCUT2D eigenvalue weighted by molar-refractivity contribution is -0.128. The van der Waals surface area contributed by atoms with E-state index in [0.29, 0.717) is 5.82 Å². The Labute approximate surface area is 102 Å². The van der Waals surface area contributed by atoms with Gasteiger partial charge in [-0.25, -0.2) is 4.98 Å². The lowest BCUT2D eigenvalue weighted by atomic mass is 10.3. The van der Waals surface area contributed by atoms with Gasteiger partial charge in [-0.3, -0.25) is 9.78 Å². The molecule has 0 aliphatic rings. The van der Waals surface area contributed by atoms with Gasteiger partial charge in [0.05, 0.1) is 24.1 Å². The maximum Gasteiger partial charge on any atom is 0.241 e. The van der Waals surface area contributed by atoms with E-state index < -0.39 is 0 Å². The molecule has 94 valence electrons. The molecule has 1 aromatic heterocycles. The fourth-order valence-corrected chi connectivity index (χ4v) is 1.48. The van der Waals surface area contributed by atoms with Crippen molar-refractivity contribution in [1.82, 2.24) is 14.9 Å². The average Bonchev–Trinajstić information content (AvgIpc) is 2.32. The molecule has 0 bridgehead atoms. The lowest BCUT2D eigenvalue weighted by Crippen LogP contribution is -2.35. The van der Waals surface area contributed by atoms with Gasteiger partial charge >= 0.3 is 0 Å². The van der Waals surface area contributed by atoms with Gasteiger partial charge in [0.1, 0.15) is 5.82 Å². The smallest absolute Gasteiger partial charge is 0.241 e. The quantitative estimate of drug-likeness (QED) is 0.839. The monoisotopic (exact) mass is 236 g/mol. The number of amides is 1. The zero-order valence-electron chi connectivity index (χ0n) is 10.9. The minimum atomic E-state index is 0.0787. The molecule has 1 rings (SSSR count). The van der Waals surface area contributed by atoms with E-state index in [2.05, 4.69) is 15.3 Å². The Morgan fingerprint density at radius 3 is 2.47 bits per heavy atom. The van der Waals surface area contributed by atoms with Gasteiger partial charge in [-0.1, -0.05) is 0 Å². The van der Waals surface area contributed by atoms with Crippen LogP contribution >= 0.6 is 0 Å². The number of nitrogens with zero attached hydrogens (tertiary/aromatic N) is 3. The molecule has 0 spiro atoms. The topological polar surface area (TPSA) is 58.1 Å². The van der Waals surface area contributed by atoms with Crippen molar-refractivity contribution in [1.29, 1.82) is 0 Å². The highest BCUT2D eigenvalue weighted by Crippen LogP contribution is 2.05. The second kappa shape index (κ2) is 6.18. The van der Waals surface area contributed by atoms with Gasteiger partial charge in [0.25, 0.3) is 0 Å². The number of carbonyl (C=O) groups is 1. The van der Waals surface area contributed by atoms with Crippen molar-refractivity contribution in [3.63, 3.8) is 0 Å². The van der Waals surface area contributed by atoms with Crippen LogP contribution in [-0.4, -0.2) is 40.4 Å². The number of nitrogens with one attached hydrogen (secondary N) is 1. The molecule has 0 saturated carbocycles. The van der Waals surface area contributed by atoms with Crippen molar-refractivity contribution in [3.8, 4) is 0 Å². The molecule has 0 atom stereocenters. The third-order valence-electron chi connectivity index (χ3n) is 2.73. The van der Waals surface area contributed by atoms with Gasteiger partial charge in [0, 0.05) is 13.1 Å². The maximum absolute atomic E-state index is 11.7. The van der Waals surface area contributed by atoms with E-state index in [0.717, 1.165) is 24.5 Å². The molecule has 1 aromatic rings. The minimum absolute atomic E-state index is 0.0787. The highest BCUT2D eigenvalue weighted by molar-refractivity contribution is 5.80. The Balaban J connectivity index is 2.55. The van der Waals surface area contributed by atoms with Crippen LogP contribution in [0.5, 0.6) is 0 Å². The molecule has 0 unspecified atom stereocenters. The zero-order valence-corrected chi connectivity index (χ0v) is 10.9. The molecular weight excluding hydrogens is 216 g/mol. The highest BCUT2D eigenvalue weighted by atomic mass is 16.2. The van der Waals surface area contributed by atoms with Gasteiger partial charge in [-0.15, -0.1) is 0 Å². The van der Waals surface area contributed by atoms with Gasteiger partial charge in [-0.2, -0.15) is 0 Å². The van der Waals surface area contributed by atoms with E-state index >= 15 is 0 Å². The molecule has 0 fully saturated rings. The molecule has 0 saturated heterocycles. The van der Waals surface area contributed by atoms with Crippen LogP contribution < -0.4 is 5.32 Å². The first kappa shape index (κ1) is 13.4. The Hall–Kier alpha value is -1.65. The molecular formula is C12H20N4O. The normalized spacial score (nSPS) is 10.1. The molecule has 1 N–H and O–H groups in total. The Kier molecular flexibility index (Phi) is 4.87. The van der Waals surface area contributed by atoms with Gasteiger partial charge < -0.3 is 10.2 Å². The second-order valence-corrected chi connectivity index (χ2v) is 3.85. The van der Waals surface area contributed by atoms with Crippen LogP contribution in [0.2, 0.25) is 0 Å². The van der Waals surface area contributed by atoms with Crippen molar-refractivity contribution in [2.75, 3.05) is 25.0 Å². The fraction of sp³-hybridized carbons (Fsp3) is 0.583. The standard InChI is InChI=1S/C12H20N4O/c1-5-16(6-2)12(17)8-14-11-7-13-9(3)10(4)15-11/h7H,5-6,8H2,1-4H3,(H,14,15). The number of hydrogen-bond donors (Lipinski definition) is 1. The summed E-state index contributed by atoms with van der Waals surface area (Å²) < 4.78 is 0. The molecule has 0 radical (unpaired) electrons. The fourth-order valence-electron chi connectivity index (χ4n) is 1.48. The number of carbonyl (C=O) groups excluding carboxylic acids is 1.